The van der Waals surface area contributed by atoms with Crippen LogP contribution < -0.4 is 22.1 Å². The van der Waals surface area contributed by atoms with Crippen LogP contribution in [0.15, 0.2) is 48.5 Å². The number of nitrogens with two attached hydrogens (primary N) is 2. The lowest BCUT2D eigenvalue weighted by molar-refractivity contribution is 1.02. The maximum Gasteiger partial charge on any atom is 0.197 e. The molecule has 0 saturated heterocycles. The van der Waals surface area contributed by atoms with Gasteiger partial charge in [-0.3, -0.25) is 5.41 Å². The van der Waals surface area contributed by atoms with E-state index in [0.29, 0.717) is 11.4 Å². The minimum Gasteiger partial charge on any atom is -0.397 e. The van der Waals surface area contributed by atoms with Crippen LogP contribution in [0.4, 0.5) is 22.7 Å². The second kappa shape index (κ2) is 6.13. The van der Waals surface area contributed by atoms with E-state index >= 15 is 0 Å². The van der Waals surface area contributed by atoms with Crippen LogP contribution in [0.25, 0.3) is 21.5 Å². The Labute approximate surface area is 174 Å². The molecule has 0 spiro atoms. The molecule has 6 rings (SSSR count). The zero-order chi connectivity index (χ0) is 20.4. The number of hydrogen-bond acceptors (Lipinski definition) is 3. The molecule has 0 radical (unpaired) electrons. The lowest BCUT2D eigenvalue weighted by Crippen LogP contribution is -2.22. The first kappa shape index (κ1) is 17.2. The number of guanidine groups is 1. The van der Waals surface area contributed by atoms with Crippen LogP contribution in [0, 0.1) is 5.41 Å². The highest BCUT2D eigenvalue weighted by molar-refractivity contribution is 6.16. The number of nitrogens with one attached hydrogen (secondary N) is 3. The summed E-state index contributed by atoms with van der Waals surface area (Å²) in [6.45, 7) is 0. The maximum atomic E-state index is 8.62. The summed E-state index contributed by atoms with van der Waals surface area (Å²) in [6.07, 6.45) is 4.13. The summed E-state index contributed by atoms with van der Waals surface area (Å²) in [5.41, 5.74) is 20.9. The number of hydrogen-bond donors (Lipinski definition) is 5. The molecular formula is C25H23N5. The molecule has 0 heterocycles. The van der Waals surface area contributed by atoms with E-state index < -0.39 is 0 Å². The number of aryl methyl sites for hydroxylation is 4. The van der Waals surface area contributed by atoms with E-state index in [2.05, 4.69) is 47.0 Å². The van der Waals surface area contributed by atoms with Crippen LogP contribution in [0.2, 0.25) is 0 Å². The Morgan fingerprint density at radius 1 is 0.667 bits per heavy atom. The van der Waals surface area contributed by atoms with Gasteiger partial charge >= 0.3 is 0 Å². The molecule has 2 aliphatic carbocycles. The molecule has 5 nitrogen and oxygen atoms in total. The summed E-state index contributed by atoms with van der Waals surface area (Å²) < 4.78 is 0. The standard InChI is InChI=1S/C25H23N5/c26-19-11-15-9-7-13-3-1-5-17(21(13)15)23(19)29-25(28)30-24-18-6-2-4-14-8-10-16(22(14)18)12-20(24)27/h1-6,11-12H,7-10,26-27H2,(H3,28,29,30). The molecule has 4 aromatic carbocycles. The topological polar surface area (TPSA) is 100.0 Å². The smallest absolute Gasteiger partial charge is 0.197 e. The molecule has 4 aromatic rings. The normalized spacial score (nSPS) is 13.9. The van der Waals surface area contributed by atoms with Crippen LogP contribution >= 0.6 is 0 Å². The van der Waals surface area contributed by atoms with Crippen molar-refractivity contribution in [3.8, 4) is 0 Å². The van der Waals surface area contributed by atoms with Gasteiger partial charge in [0.05, 0.1) is 22.7 Å². The average Bonchev–Trinajstić information content (AvgIpc) is 3.34. The van der Waals surface area contributed by atoms with Crippen molar-refractivity contribution in [1.82, 2.24) is 0 Å². The monoisotopic (exact) mass is 393 g/mol. The van der Waals surface area contributed by atoms with E-state index in [1.54, 1.807) is 0 Å². The summed E-state index contributed by atoms with van der Waals surface area (Å²) in [5.74, 6) is 0.158. The minimum atomic E-state index is 0.158. The number of anilines is 4. The van der Waals surface area contributed by atoms with Crippen molar-refractivity contribution >= 4 is 50.3 Å². The highest BCUT2D eigenvalue weighted by Crippen LogP contribution is 2.40. The van der Waals surface area contributed by atoms with E-state index in [9.17, 15) is 0 Å². The van der Waals surface area contributed by atoms with Crippen LogP contribution in [-0.2, 0) is 25.7 Å². The molecule has 5 heteroatoms. The fourth-order valence-corrected chi connectivity index (χ4v) is 5.26. The van der Waals surface area contributed by atoms with Crippen molar-refractivity contribution in [3.05, 3.63) is 70.8 Å². The van der Waals surface area contributed by atoms with Gasteiger partial charge in [-0.25, -0.2) is 0 Å². The van der Waals surface area contributed by atoms with Crippen molar-refractivity contribution in [1.29, 1.82) is 5.41 Å². The van der Waals surface area contributed by atoms with E-state index in [-0.39, 0.29) is 5.96 Å². The Kier molecular flexibility index (Phi) is 3.51. The van der Waals surface area contributed by atoms with Crippen molar-refractivity contribution in [3.63, 3.8) is 0 Å². The molecule has 0 fully saturated rings. The molecule has 0 amide bonds. The largest absolute Gasteiger partial charge is 0.397 e. The second-order valence-electron chi connectivity index (χ2n) is 8.30. The van der Waals surface area contributed by atoms with E-state index in [0.717, 1.165) is 47.8 Å². The van der Waals surface area contributed by atoms with Crippen LogP contribution in [0.1, 0.15) is 22.3 Å². The SMILES string of the molecule is N=C(Nc1c(N)cc2c3c(cccc13)CC2)Nc1c(N)cc2c3c(cccc13)CC2. The van der Waals surface area contributed by atoms with Gasteiger partial charge in [0.2, 0.25) is 0 Å². The maximum absolute atomic E-state index is 8.62. The highest BCUT2D eigenvalue weighted by Gasteiger charge is 2.21. The van der Waals surface area contributed by atoms with Crippen molar-refractivity contribution in [2.75, 3.05) is 22.1 Å². The first-order valence-electron chi connectivity index (χ1n) is 10.4. The molecule has 0 atom stereocenters. The zero-order valence-corrected chi connectivity index (χ0v) is 16.6. The van der Waals surface area contributed by atoms with Gasteiger partial charge in [0, 0.05) is 10.8 Å². The summed E-state index contributed by atoms with van der Waals surface area (Å²) >= 11 is 0. The summed E-state index contributed by atoms with van der Waals surface area (Å²) in [7, 11) is 0. The zero-order valence-electron chi connectivity index (χ0n) is 16.6. The van der Waals surface area contributed by atoms with Gasteiger partial charge in [0.15, 0.2) is 5.96 Å². The van der Waals surface area contributed by atoms with Crippen LogP contribution in [-0.4, -0.2) is 5.96 Å². The van der Waals surface area contributed by atoms with Gasteiger partial charge < -0.3 is 22.1 Å². The number of nitrogen functional groups attached to an aromatic ring is 2. The molecule has 0 saturated carbocycles. The molecule has 148 valence electrons. The van der Waals surface area contributed by atoms with Gasteiger partial charge in [-0.15, -0.1) is 0 Å². The predicted molar refractivity (Wildman–Crippen MR) is 127 cm³/mol. The predicted octanol–water partition coefficient (Wildman–Crippen LogP) is 4.81. The molecule has 2 aliphatic rings. The summed E-state index contributed by atoms with van der Waals surface area (Å²) in [4.78, 5) is 0. The molecular weight excluding hydrogens is 370 g/mol. The van der Waals surface area contributed by atoms with Gasteiger partial charge in [-0.1, -0.05) is 36.4 Å². The molecule has 0 aromatic heterocycles. The third-order valence-corrected chi connectivity index (χ3v) is 6.55. The van der Waals surface area contributed by atoms with Gasteiger partial charge in [-0.05, 0) is 70.8 Å². The Morgan fingerprint density at radius 2 is 1.10 bits per heavy atom. The Bertz CT molecular complexity index is 1280. The number of benzene rings is 4. The van der Waals surface area contributed by atoms with Crippen LogP contribution in [0.5, 0.6) is 0 Å². The Morgan fingerprint density at radius 3 is 1.57 bits per heavy atom. The highest BCUT2D eigenvalue weighted by atomic mass is 15.1. The quantitative estimate of drug-likeness (QED) is 0.192. The lowest BCUT2D eigenvalue weighted by atomic mass is 10.0. The first-order chi connectivity index (χ1) is 14.6. The molecule has 0 unspecified atom stereocenters. The fraction of sp³-hybridized carbons (Fsp3) is 0.160. The molecule has 0 aliphatic heterocycles. The summed E-state index contributed by atoms with van der Waals surface area (Å²) in [6, 6.07) is 16.7. The van der Waals surface area contributed by atoms with E-state index in [1.807, 2.05) is 12.1 Å². The van der Waals surface area contributed by atoms with Gasteiger partial charge in [0.25, 0.3) is 0 Å². The second-order valence-corrected chi connectivity index (χ2v) is 8.30. The van der Waals surface area contributed by atoms with Crippen molar-refractivity contribution in [2.45, 2.75) is 25.7 Å². The lowest BCUT2D eigenvalue weighted by Gasteiger charge is -2.18. The molecule has 7 N–H and O–H groups in total. The molecule has 30 heavy (non-hydrogen) atoms. The minimum absolute atomic E-state index is 0.158. The van der Waals surface area contributed by atoms with E-state index in [4.69, 9.17) is 16.9 Å². The van der Waals surface area contributed by atoms with Gasteiger partial charge in [-0.2, -0.15) is 0 Å². The van der Waals surface area contributed by atoms with Crippen molar-refractivity contribution < 1.29 is 0 Å². The Hall–Kier alpha value is -3.73. The van der Waals surface area contributed by atoms with Crippen LogP contribution in [0.3, 0.4) is 0 Å². The van der Waals surface area contributed by atoms with E-state index in [1.165, 1.54) is 33.0 Å². The summed E-state index contributed by atoms with van der Waals surface area (Å²) in [5, 5.41) is 19.7. The number of rotatable bonds is 2. The average molecular weight is 393 g/mol. The molecule has 0 bridgehead atoms. The fourth-order valence-electron chi connectivity index (χ4n) is 5.26. The third kappa shape index (κ3) is 2.38. The Balaban J connectivity index is 1.40. The first-order valence-corrected chi connectivity index (χ1v) is 10.4. The third-order valence-electron chi connectivity index (χ3n) is 6.55. The van der Waals surface area contributed by atoms with Gasteiger partial charge in [0.1, 0.15) is 0 Å². The van der Waals surface area contributed by atoms with Crippen molar-refractivity contribution in [2.24, 2.45) is 0 Å².